The van der Waals surface area contributed by atoms with Gasteiger partial charge in [0.1, 0.15) is 5.75 Å². The molecule has 0 aliphatic carbocycles. The molecule has 0 aliphatic rings. The number of aromatic amines is 1. The summed E-state index contributed by atoms with van der Waals surface area (Å²) in [5.74, 6) is 0.782. The van der Waals surface area contributed by atoms with Crippen molar-refractivity contribution in [1.82, 2.24) is 9.97 Å². The van der Waals surface area contributed by atoms with Crippen LogP contribution in [0.15, 0.2) is 61.1 Å². The Labute approximate surface area is 145 Å². The number of hydrogen-bond donors (Lipinski definition) is 1. The van der Waals surface area contributed by atoms with Crippen LogP contribution in [0.2, 0.25) is 0 Å². The molecule has 25 heavy (non-hydrogen) atoms. The van der Waals surface area contributed by atoms with Gasteiger partial charge in [0.05, 0.1) is 18.8 Å². The van der Waals surface area contributed by atoms with Crippen LogP contribution >= 0.6 is 0 Å². The molecule has 0 fully saturated rings. The van der Waals surface area contributed by atoms with Gasteiger partial charge in [-0.25, -0.2) is 0 Å². The Kier molecular flexibility index (Phi) is 3.68. The summed E-state index contributed by atoms with van der Waals surface area (Å²) in [6.07, 6.45) is 7.39. The van der Waals surface area contributed by atoms with E-state index in [4.69, 9.17) is 4.74 Å². The van der Waals surface area contributed by atoms with Gasteiger partial charge in [0.2, 0.25) is 0 Å². The van der Waals surface area contributed by atoms with Gasteiger partial charge in [0.25, 0.3) is 0 Å². The van der Waals surface area contributed by atoms with Gasteiger partial charge in [0.15, 0.2) is 0 Å². The van der Waals surface area contributed by atoms with Gasteiger partial charge in [-0.1, -0.05) is 18.2 Å². The number of nitriles is 1. The van der Waals surface area contributed by atoms with Crippen LogP contribution in [0.1, 0.15) is 11.1 Å². The molecule has 0 saturated heterocycles. The summed E-state index contributed by atoms with van der Waals surface area (Å²) in [4.78, 5) is 7.38. The quantitative estimate of drug-likeness (QED) is 0.551. The summed E-state index contributed by atoms with van der Waals surface area (Å²) in [6.45, 7) is 0. The van der Waals surface area contributed by atoms with E-state index in [9.17, 15) is 5.26 Å². The summed E-state index contributed by atoms with van der Waals surface area (Å²) < 4.78 is 5.26. The van der Waals surface area contributed by atoms with Gasteiger partial charge in [-0.05, 0) is 35.2 Å². The number of nitrogens with zero attached hydrogens (tertiary/aromatic N) is 2. The molecule has 0 spiro atoms. The number of H-pyrrole nitrogens is 1. The lowest BCUT2D eigenvalue weighted by atomic mass is 10.00. The van der Waals surface area contributed by atoms with Crippen molar-refractivity contribution in [3.8, 4) is 11.8 Å². The fourth-order valence-electron chi connectivity index (χ4n) is 3.05. The summed E-state index contributed by atoms with van der Waals surface area (Å²) in [5.41, 5.74) is 3.43. The Balaban J connectivity index is 1.88. The molecular formula is C21H15N3O. The van der Waals surface area contributed by atoms with Crippen molar-refractivity contribution < 1.29 is 4.74 Å². The van der Waals surface area contributed by atoms with E-state index in [1.54, 1.807) is 13.3 Å². The summed E-state index contributed by atoms with van der Waals surface area (Å²) in [5, 5.41) is 12.8. The molecule has 120 valence electrons. The molecule has 2 aromatic heterocycles. The minimum atomic E-state index is 0.612. The molecule has 0 amide bonds. The zero-order valence-corrected chi connectivity index (χ0v) is 13.7. The number of pyridine rings is 1. The lowest BCUT2D eigenvalue weighted by Gasteiger charge is -2.03. The zero-order valence-electron chi connectivity index (χ0n) is 13.7. The van der Waals surface area contributed by atoms with E-state index in [0.29, 0.717) is 5.57 Å². The average Bonchev–Trinajstić information content (AvgIpc) is 3.09. The van der Waals surface area contributed by atoms with Crippen LogP contribution in [-0.4, -0.2) is 17.1 Å². The third-order valence-corrected chi connectivity index (χ3v) is 4.31. The number of ether oxygens (including phenoxy) is 1. The molecule has 0 radical (unpaired) electrons. The van der Waals surface area contributed by atoms with Crippen molar-refractivity contribution in [3.05, 3.63) is 72.2 Å². The fourth-order valence-corrected chi connectivity index (χ4v) is 3.05. The molecule has 4 heteroatoms. The van der Waals surface area contributed by atoms with Crippen molar-refractivity contribution >= 4 is 33.3 Å². The average molecular weight is 325 g/mol. The first kappa shape index (κ1) is 15.0. The molecule has 0 unspecified atom stereocenters. The van der Waals surface area contributed by atoms with E-state index in [1.807, 2.05) is 60.9 Å². The summed E-state index contributed by atoms with van der Waals surface area (Å²) >= 11 is 0. The molecule has 0 bridgehead atoms. The van der Waals surface area contributed by atoms with Crippen LogP contribution in [0.3, 0.4) is 0 Å². The predicted octanol–water partition coefficient (Wildman–Crippen LogP) is 4.79. The predicted molar refractivity (Wildman–Crippen MR) is 100 cm³/mol. The fraction of sp³-hybridized carbons (Fsp3) is 0.0476. The van der Waals surface area contributed by atoms with E-state index >= 15 is 0 Å². The van der Waals surface area contributed by atoms with Crippen molar-refractivity contribution in [2.45, 2.75) is 0 Å². The van der Waals surface area contributed by atoms with Gasteiger partial charge >= 0.3 is 0 Å². The molecule has 0 aliphatic heterocycles. The molecule has 1 N–H and O–H groups in total. The maximum absolute atomic E-state index is 9.72. The van der Waals surface area contributed by atoms with Crippen molar-refractivity contribution in [3.63, 3.8) is 0 Å². The number of nitrogens with one attached hydrogen (secondary N) is 1. The Morgan fingerprint density at radius 2 is 2.12 bits per heavy atom. The highest BCUT2D eigenvalue weighted by atomic mass is 16.5. The lowest BCUT2D eigenvalue weighted by molar-refractivity contribution is 0.415. The molecule has 4 nitrogen and oxygen atoms in total. The SMILES string of the molecule is COc1ccc2c(/C(C#N)=C/c3cccc4cnccc34)c[nH]c2c1. The van der Waals surface area contributed by atoms with Crippen LogP contribution in [0, 0.1) is 11.3 Å². The summed E-state index contributed by atoms with van der Waals surface area (Å²) in [6, 6.07) is 16.1. The highest BCUT2D eigenvalue weighted by Gasteiger charge is 2.10. The van der Waals surface area contributed by atoms with Crippen LogP contribution in [0.25, 0.3) is 33.3 Å². The highest BCUT2D eigenvalue weighted by Crippen LogP contribution is 2.30. The molecular weight excluding hydrogens is 310 g/mol. The zero-order chi connectivity index (χ0) is 17.2. The smallest absolute Gasteiger partial charge is 0.120 e. The van der Waals surface area contributed by atoms with Gasteiger partial charge < -0.3 is 9.72 Å². The number of fused-ring (bicyclic) bond motifs is 2. The van der Waals surface area contributed by atoms with Crippen LogP contribution < -0.4 is 4.74 Å². The minimum absolute atomic E-state index is 0.612. The first-order valence-electron chi connectivity index (χ1n) is 7.90. The highest BCUT2D eigenvalue weighted by molar-refractivity contribution is 6.04. The Morgan fingerprint density at radius 1 is 1.20 bits per heavy atom. The first-order chi connectivity index (χ1) is 12.3. The van der Waals surface area contributed by atoms with E-state index in [1.165, 1.54) is 0 Å². The van der Waals surface area contributed by atoms with Crippen LogP contribution in [-0.2, 0) is 0 Å². The van der Waals surface area contributed by atoms with Crippen LogP contribution in [0.4, 0.5) is 0 Å². The normalized spacial score (nSPS) is 11.6. The molecule has 4 rings (SSSR count). The number of aromatic nitrogens is 2. The molecule has 0 atom stereocenters. The van der Waals surface area contributed by atoms with Gasteiger partial charge in [-0.3, -0.25) is 4.98 Å². The van der Waals surface area contributed by atoms with Crippen molar-refractivity contribution in [2.75, 3.05) is 7.11 Å². The van der Waals surface area contributed by atoms with Gasteiger partial charge in [-0.2, -0.15) is 5.26 Å². The molecule has 0 saturated carbocycles. The van der Waals surface area contributed by atoms with E-state index in [-0.39, 0.29) is 0 Å². The largest absolute Gasteiger partial charge is 0.497 e. The third-order valence-electron chi connectivity index (χ3n) is 4.31. The van der Waals surface area contributed by atoms with Crippen molar-refractivity contribution in [1.29, 1.82) is 5.26 Å². The Bertz CT molecular complexity index is 1140. The number of allylic oxidation sites excluding steroid dienone is 1. The van der Waals surface area contributed by atoms with Gasteiger partial charge in [-0.15, -0.1) is 0 Å². The third kappa shape index (κ3) is 2.62. The molecule has 4 aromatic rings. The second kappa shape index (κ2) is 6.14. The molecule has 2 aromatic carbocycles. The number of benzene rings is 2. The standard InChI is InChI=1S/C21H15N3O/c1-25-17-5-6-19-20(13-24-21(19)10-17)16(11-22)9-14-3-2-4-15-12-23-8-7-18(14)15/h2-10,12-13,24H,1H3/b16-9+. The van der Waals surface area contributed by atoms with E-state index < -0.39 is 0 Å². The number of rotatable bonds is 3. The topological polar surface area (TPSA) is 61.7 Å². The van der Waals surface area contributed by atoms with Gasteiger partial charge in [0, 0.05) is 46.5 Å². The number of hydrogen-bond acceptors (Lipinski definition) is 3. The first-order valence-corrected chi connectivity index (χ1v) is 7.90. The maximum Gasteiger partial charge on any atom is 0.120 e. The van der Waals surface area contributed by atoms with Crippen molar-refractivity contribution in [2.24, 2.45) is 0 Å². The monoisotopic (exact) mass is 325 g/mol. The van der Waals surface area contributed by atoms with Crippen LogP contribution in [0.5, 0.6) is 5.75 Å². The summed E-state index contributed by atoms with van der Waals surface area (Å²) in [7, 11) is 1.64. The van der Waals surface area contributed by atoms with E-state index in [0.717, 1.165) is 38.6 Å². The lowest BCUT2D eigenvalue weighted by Crippen LogP contribution is -1.84. The Morgan fingerprint density at radius 3 is 2.96 bits per heavy atom. The second-order valence-electron chi connectivity index (χ2n) is 5.73. The minimum Gasteiger partial charge on any atom is -0.497 e. The van der Waals surface area contributed by atoms with E-state index in [2.05, 4.69) is 16.0 Å². The Hall–Kier alpha value is -3.58. The second-order valence-corrected chi connectivity index (χ2v) is 5.73. The maximum atomic E-state index is 9.72. The number of methoxy groups -OCH3 is 1. The molecule has 2 heterocycles.